The third kappa shape index (κ3) is 5.59. The van der Waals surface area contributed by atoms with Crippen molar-refractivity contribution in [2.24, 2.45) is 4.99 Å². The van der Waals surface area contributed by atoms with Gasteiger partial charge in [0.05, 0.1) is 5.69 Å². The summed E-state index contributed by atoms with van der Waals surface area (Å²) in [5.74, 6) is 0.329. The zero-order chi connectivity index (χ0) is 22.8. The molecule has 0 unspecified atom stereocenters. The molecular weight excluding hydrogens is 398 g/mol. The lowest BCUT2D eigenvalue weighted by atomic mass is 9.78. The van der Waals surface area contributed by atoms with E-state index in [0.717, 1.165) is 27.4 Å². The van der Waals surface area contributed by atoms with Gasteiger partial charge in [0.2, 0.25) is 0 Å². The Morgan fingerprint density at radius 1 is 0.806 bits per heavy atom. The predicted octanol–water partition coefficient (Wildman–Crippen LogP) is 8.28. The fourth-order valence-corrected chi connectivity index (χ4v) is 4.32. The minimum atomic E-state index is -0.165. The minimum Gasteiger partial charge on any atom is -0.507 e. The second-order valence-electron chi connectivity index (χ2n) is 10.0. The van der Waals surface area contributed by atoms with Gasteiger partial charge in [0.15, 0.2) is 0 Å². The number of benzene rings is 3. The van der Waals surface area contributed by atoms with Gasteiger partial charge in [-0.3, -0.25) is 4.99 Å². The molecule has 0 atom stereocenters. The summed E-state index contributed by atoms with van der Waals surface area (Å²) >= 11 is 1.70. The lowest BCUT2D eigenvalue weighted by Crippen LogP contribution is -2.18. The zero-order valence-corrected chi connectivity index (χ0v) is 20.5. The Bertz CT molecular complexity index is 1090. The highest BCUT2D eigenvalue weighted by Crippen LogP contribution is 2.39. The molecule has 0 spiro atoms. The van der Waals surface area contributed by atoms with E-state index in [4.69, 9.17) is 4.99 Å². The number of phenolic OH excluding ortho intramolecular Hbond substituents is 1. The Hall–Kier alpha value is -2.52. The minimum absolute atomic E-state index is 0.0240. The van der Waals surface area contributed by atoms with Gasteiger partial charge in [-0.2, -0.15) is 0 Å². The van der Waals surface area contributed by atoms with Crippen molar-refractivity contribution in [3.05, 3.63) is 83.4 Å². The third-order valence-electron chi connectivity index (χ3n) is 5.30. The van der Waals surface area contributed by atoms with Crippen molar-refractivity contribution in [3.8, 4) is 5.75 Å². The van der Waals surface area contributed by atoms with Crippen molar-refractivity contribution in [3.63, 3.8) is 0 Å². The van der Waals surface area contributed by atoms with Gasteiger partial charge in [0, 0.05) is 26.6 Å². The van der Waals surface area contributed by atoms with Gasteiger partial charge in [-0.05, 0) is 53.6 Å². The summed E-state index contributed by atoms with van der Waals surface area (Å²) in [7, 11) is 0. The summed E-state index contributed by atoms with van der Waals surface area (Å²) in [6.45, 7) is 15.0. The quantitative estimate of drug-likeness (QED) is 0.421. The van der Waals surface area contributed by atoms with E-state index >= 15 is 0 Å². The molecule has 0 heterocycles. The predicted molar refractivity (Wildman–Crippen MR) is 134 cm³/mol. The third-order valence-corrected chi connectivity index (χ3v) is 6.37. The van der Waals surface area contributed by atoms with Crippen LogP contribution in [0.1, 0.15) is 65.2 Å². The molecule has 31 heavy (non-hydrogen) atoms. The van der Waals surface area contributed by atoms with Crippen molar-refractivity contribution in [2.45, 2.75) is 69.1 Å². The fourth-order valence-electron chi connectivity index (χ4n) is 3.41. The van der Waals surface area contributed by atoms with E-state index in [1.807, 2.05) is 43.3 Å². The molecule has 3 aromatic rings. The molecule has 0 fully saturated rings. The number of hydrogen-bond donors (Lipinski definition) is 1. The maximum absolute atomic E-state index is 11.2. The Morgan fingerprint density at radius 2 is 1.42 bits per heavy atom. The van der Waals surface area contributed by atoms with Crippen molar-refractivity contribution in [1.82, 2.24) is 0 Å². The number of aromatic hydroxyl groups is 1. The lowest BCUT2D eigenvalue weighted by Gasteiger charge is -2.27. The van der Waals surface area contributed by atoms with Gasteiger partial charge in [-0.1, -0.05) is 89.7 Å². The Balaban J connectivity index is 2.10. The molecule has 162 valence electrons. The normalized spacial score (nSPS) is 12.8. The molecule has 1 N–H and O–H groups in total. The molecule has 3 aromatic carbocycles. The van der Waals surface area contributed by atoms with E-state index < -0.39 is 0 Å². The number of phenols is 1. The topological polar surface area (TPSA) is 32.6 Å². The van der Waals surface area contributed by atoms with Crippen molar-refractivity contribution < 1.29 is 5.11 Å². The highest BCUT2D eigenvalue weighted by Gasteiger charge is 2.25. The van der Waals surface area contributed by atoms with Gasteiger partial charge < -0.3 is 5.11 Å². The van der Waals surface area contributed by atoms with Crippen LogP contribution in [-0.4, -0.2) is 10.8 Å². The molecule has 0 saturated carbocycles. The van der Waals surface area contributed by atoms with E-state index in [9.17, 15) is 5.11 Å². The Morgan fingerprint density at radius 3 is 2.03 bits per heavy atom. The zero-order valence-electron chi connectivity index (χ0n) is 19.7. The summed E-state index contributed by atoms with van der Waals surface area (Å²) in [5.41, 5.74) is 4.49. The van der Waals surface area contributed by atoms with Gasteiger partial charge in [-0.15, -0.1) is 0 Å². The first-order valence-corrected chi connectivity index (χ1v) is 11.5. The molecule has 0 aliphatic carbocycles. The second kappa shape index (κ2) is 8.92. The lowest BCUT2D eigenvalue weighted by molar-refractivity contribution is 0.443. The maximum atomic E-state index is 11.2. The van der Waals surface area contributed by atoms with Gasteiger partial charge >= 0.3 is 0 Å². The first-order valence-electron chi connectivity index (χ1n) is 10.7. The van der Waals surface area contributed by atoms with Crippen LogP contribution in [0.4, 0.5) is 5.69 Å². The maximum Gasteiger partial charge on any atom is 0.128 e. The first kappa shape index (κ1) is 23.1. The number of para-hydroxylation sites is 1. The van der Waals surface area contributed by atoms with Crippen LogP contribution in [0.15, 0.2) is 81.5 Å². The molecule has 0 amide bonds. The smallest absolute Gasteiger partial charge is 0.128 e. The van der Waals surface area contributed by atoms with Crippen LogP contribution in [0, 0.1) is 0 Å². The number of nitrogens with zero attached hydrogens (tertiary/aromatic N) is 1. The summed E-state index contributed by atoms with van der Waals surface area (Å²) < 4.78 is 0. The van der Waals surface area contributed by atoms with Crippen LogP contribution in [0.25, 0.3) is 0 Å². The molecule has 0 aliphatic heterocycles. The SMILES string of the molecule is C/C(=N\c1ccccc1Sc1ccccc1)c1cc(C(C)(C)C)cc(C(C)(C)C)c1O. The summed E-state index contributed by atoms with van der Waals surface area (Å²) in [4.78, 5) is 7.24. The largest absolute Gasteiger partial charge is 0.507 e. The van der Waals surface area contributed by atoms with E-state index in [2.05, 4.69) is 71.9 Å². The van der Waals surface area contributed by atoms with Gasteiger partial charge in [-0.25, -0.2) is 0 Å². The van der Waals surface area contributed by atoms with Gasteiger partial charge in [0.25, 0.3) is 0 Å². The average molecular weight is 432 g/mol. The van der Waals surface area contributed by atoms with Crippen LogP contribution < -0.4 is 0 Å². The highest BCUT2D eigenvalue weighted by molar-refractivity contribution is 7.99. The number of aliphatic imine (C=N–C) groups is 1. The molecule has 3 heteroatoms. The molecule has 0 radical (unpaired) electrons. The molecule has 2 nitrogen and oxygen atoms in total. The Labute approximate surface area is 191 Å². The fraction of sp³-hybridized carbons (Fsp3) is 0.321. The monoisotopic (exact) mass is 431 g/mol. The van der Waals surface area contributed by atoms with E-state index in [0.29, 0.717) is 5.75 Å². The number of rotatable bonds is 4. The van der Waals surface area contributed by atoms with E-state index in [1.54, 1.807) is 11.8 Å². The van der Waals surface area contributed by atoms with Crippen molar-refractivity contribution >= 4 is 23.2 Å². The standard InChI is InChI=1S/C28H33NOS/c1-19(22-17-20(27(2,3)4)18-23(26(22)30)28(5,6)7)29-24-15-11-12-16-25(24)31-21-13-9-8-10-14-21/h8-18,30H,1-7H3/b29-19+. The van der Waals surface area contributed by atoms with Crippen molar-refractivity contribution in [2.75, 3.05) is 0 Å². The van der Waals surface area contributed by atoms with E-state index in [1.165, 1.54) is 10.5 Å². The molecule has 0 aromatic heterocycles. The Kier molecular flexibility index (Phi) is 6.66. The summed E-state index contributed by atoms with van der Waals surface area (Å²) in [6, 6.07) is 22.7. The van der Waals surface area contributed by atoms with Crippen LogP contribution in [0.2, 0.25) is 0 Å². The molecule has 0 aliphatic rings. The first-order chi connectivity index (χ1) is 14.5. The average Bonchev–Trinajstić information content (AvgIpc) is 2.68. The van der Waals surface area contributed by atoms with Crippen LogP contribution >= 0.6 is 11.8 Å². The van der Waals surface area contributed by atoms with E-state index in [-0.39, 0.29) is 10.8 Å². The summed E-state index contributed by atoms with van der Waals surface area (Å²) in [5, 5.41) is 11.2. The summed E-state index contributed by atoms with van der Waals surface area (Å²) in [6.07, 6.45) is 0. The number of hydrogen-bond acceptors (Lipinski definition) is 3. The molecule has 3 rings (SSSR count). The van der Waals surface area contributed by atoms with Crippen LogP contribution in [0.3, 0.4) is 0 Å². The van der Waals surface area contributed by atoms with Crippen molar-refractivity contribution in [1.29, 1.82) is 0 Å². The van der Waals surface area contributed by atoms with Gasteiger partial charge in [0.1, 0.15) is 5.75 Å². The van der Waals surface area contributed by atoms with Crippen LogP contribution in [-0.2, 0) is 10.8 Å². The van der Waals surface area contributed by atoms with Crippen LogP contribution in [0.5, 0.6) is 5.75 Å². The highest BCUT2D eigenvalue weighted by atomic mass is 32.2. The molecular formula is C28H33NOS. The second-order valence-corrected chi connectivity index (χ2v) is 11.1. The molecule has 0 bridgehead atoms. The molecule has 0 saturated heterocycles.